The van der Waals surface area contributed by atoms with E-state index in [1.165, 1.54) is 24.1 Å². The van der Waals surface area contributed by atoms with Crippen molar-refractivity contribution in [3.63, 3.8) is 0 Å². The summed E-state index contributed by atoms with van der Waals surface area (Å²) in [6.45, 7) is 2.76. The van der Waals surface area contributed by atoms with Gasteiger partial charge in [0.25, 0.3) is 0 Å². The van der Waals surface area contributed by atoms with Gasteiger partial charge in [0.15, 0.2) is 5.82 Å². The van der Waals surface area contributed by atoms with Crippen molar-refractivity contribution in [3.8, 4) is 0 Å². The van der Waals surface area contributed by atoms with Gasteiger partial charge in [-0.25, -0.2) is 0 Å². The van der Waals surface area contributed by atoms with Crippen molar-refractivity contribution in [2.45, 2.75) is 44.2 Å². The summed E-state index contributed by atoms with van der Waals surface area (Å²) in [6, 6.07) is 2.72. The quantitative estimate of drug-likeness (QED) is 0.822. The van der Waals surface area contributed by atoms with Gasteiger partial charge in [0.05, 0.1) is 11.7 Å². The summed E-state index contributed by atoms with van der Waals surface area (Å²) in [5.74, 6) is 1.27. The maximum atomic E-state index is 12.2. The third-order valence-corrected chi connectivity index (χ3v) is 5.71. The molecule has 1 atom stereocenters. The minimum atomic E-state index is 0.0572. The average Bonchev–Trinajstić information content (AvgIpc) is 2.85. The zero-order valence-corrected chi connectivity index (χ0v) is 14.0. The number of carbonyl (C=O) groups excluding carboxylic acids is 1. The Balaban J connectivity index is 1.39. The number of aryl methyl sites for hydroxylation is 2. The number of carbonyl (C=O) groups is 1. The van der Waals surface area contributed by atoms with Gasteiger partial charge in [-0.3, -0.25) is 9.69 Å². The molecule has 1 amide bonds. The predicted octanol–water partition coefficient (Wildman–Crippen LogP) is 0.706. The number of likely N-dealkylation sites (tertiary alicyclic amines) is 1. The van der Waals surface area contributed by atoms with E-state index in [1.54, 1.807) is 0 Å². The van der Waals surface area contributed by atoms with Gasteiger partial charge in [-0.2, -0.15) is 5.10 Å². The first-order valence-electron chi connectivity index (χ1n) is 8.71. The Bertz CT molecular complexity index is 613. The smallest absolute Gasteiger partial charge is 0.239 e. The average molecular weight is 315 g/mol. The molecule has 0 saturated carbocycles. The predicted molar refractivity (Wildman–Crippen MR) is 88.5 cm³/mol. The van der Waals surface area contributed by atoms with Crippen molar-refractivity contribution < 1.29 is 4.79 Å². The van der Waals surface area contributed by atoms with Crippen LogP contribution in [0.4, 0.5) is 5.82 Å². The normalized spacial score (nSPS) is 25.0. The third kappa shape index (κ3) is 2.59. The third-order valence-electron chi connectivity index (χ3n) is 5.71. The lowest BCUT2D eigenvalue weighted by Gasteiger charge is -2.46. The molecule has 2 saturated heterocycles. The molecule has 0 N–H and O–H groups in total. The lowest BCUT2D eigenvalue weighted by atomic mass is 9.96. The molecule has 6 nitrogen and oxygen atoms in total. The van der Waals surface area contributed by atoms with Crippen LogP contribution in [0.2, 0.25) is 0 Å². The summed E-state index contributed by atoms with van der Waals surface area (Å²) in [5.41, 5.74) is 2.57. The Hall–Kier alpha value is -1.69. The topological polar surface area (TPSA) is 52.6 Å². The maximum Gasteiger partial charge on any atom is 0.239 e. The number of likely N-dealkylation sites (N-methyl/N-ethyl adjacent to an activating group) is 2. The van der Waals surface area contributed by atoms with Gasteiger partial charge in [-0.05, 0) is 50.8 Å². The van der Waals surface area contributed by atoms with Gasteiger partial charge in [0.1, 0.15) is 0 Å². The lowest BCUT2D eigenvalue weighted by Crippen LogP contribution is -2.62. The maximum absolute atomic E-state index is 12.2. The van der Waals surface area contributed by atoms with E-state index in [1.807, 2.05) is 11.9 Å². The fourth-order valence-corrected chi connectivity index (χ4v) is 3.97. The van der Waals surface area contributed by atoms with E-state index in [-0.39, 0.29) is 11.9 Å². The second-order valence-electron chi connectivity index (χ2n) is 7.17. The SMILES string of the molecule is CN1CCC(N(C)C2CN(c3cc4c(nn3)CCCC4)C2)C1=O. The van der Waals surface area contributed by atoms with E-state index < -0.39 is 0 Å². The van der Waals surface area contributed by atoms with Crippen LogP contribution in [-0.2, 0) is 17.6 Å². The van der Waals surface area contributed by atoms with E-state index in [4.69, 9.17) is 0 Å². The van der Waals surface area contributed by atoms with Crippen LogP contribution in [-0.4, -0.2) is 71.7 Å². The van der Waals surface area contributed by atoms with E-state index in [0.29, 0.717) is 6.04 Å². The largest absolute Gasteiger partial charge is 0.352 e. The second-order valence-corrected chi connectivity index (χ2v) is 7.17. The molecule has 23 heavy (non-hydrogen) atoms. The fourth-order valence-electron chi connectivity index (χ4n) is 3.97. The number of amides is 1. The molecule has 0 bridgehead atoms. The Morgan fingerprint density at radius 2 is 2.00 bits per heavy atom. The molecule has 3 heterocycles. The molecule has 2 fully saturated rings. The van der Waals surface area contributed by atoms with Crippen LogP contribution >= 0.6 is 0 Å². The van der Waals surface area contributed by atoms with Crippen LogP contribution in [0, 0.1) is 0 Å². The van der Waals surface area contributed by atoms with E-state index in [0.717, 1.165) is 44.7 Å². The number of hydrogen-bond acceptors (Lipinski definition) is 5. The first-order chi connectivity index (χ1) is 11.1. The number of aromatic nitrogens is 2. The molecular formula is C17H25N5O. The monoisotopic (exact) mass is 315 g/mol. The second kappa shape index (κ2) is 5.74. The Labute approximate surface area is 137 Å². The van der Waals surface area contributed by atoms with Crippen LogP contribution in [0.1, 0.15) is 30.5 Å². The molecule has 0 radical (unpaired) electrons. The van der Waals surface area contributed by atoms with Crippen molar-refractivity contribution in [2.75, 3.05) is 38.6 Å². The summed E-state index contributed by atoms with van der Waals surface area (Å²) in [5, 5.41) is 8.84. The minimum absolute atomic E-state index is 0.0572. The van der Waals surface area contributed by atoms with Crippen LogP contribution < -0.4 is 4.90 Å². The zero-order valence-electron chi connectivity index (χ0n) is 14.0. The Morgan fingerprint density at radius 3 is 2.74 bits per heavy atom. The number of rotatable bonds is 3. The number of anilines is 1. The lowest BCUT2D eigenvalue weighted by molar-refractivity contribution is -0.131. The summed E-state index contributed by atoms with van der Waals surface area (Å²) >= 11 is 0. The van der Waals surface area contributed by atoms with Gasteiger partial charge in [0, 0.05) is 32.7 Å². The summed E-state index contributed by atoms with van der Waals surface area (Å²) in [7, 11) is 3.98. The van der Waals surface area contributed by atoms with Crippen LogP contribution in [0.3, 0.4) is 0 Å². The highest BCUT2D eigenvalue weighted by Crippen LogP contribution is 2.27. The highest BCUT2D eigenvalue weighted by atomic mass is 16.2. The molecule has 1 aliphatic carbocycles. The Morgan fingerprint density at radius 1 is 1.22 bits per heavy atom. The van der Waals surface area contributed by atoms with E-state index >= 15 is 0 Å². The van der Waals surface area contributed by atoms with E-state index in [2.05, 4.69) is 33.1 Å². The van der Waals surface area contributed by atoms with Crippen molar-refractivity contribution >= 4 is 11.7 Å². The Kier molecular flexibility index (Phi) is 3.71. The number of hydrogen-bond donors (Lipinski definition) is 0. The molecule has 4 rings (SSSR count). The van der Waals surface area contributed by atoms with Crippen molar-refractivity contribution in [1.29, 1.82) is 0 Å². The first kappa shape index (κ1) is 14.9. The van der Waals surface area contributed by atoms with Crippen molar-refractivity contribution in [2.24, 2.45) is 0 Å². The van der Waals surface area contributed by atoms with Gasteiger partial charge in [0.2, 0.25) is 5.91 Å². The first-order valence-corrected chi connectivity index (χ1v) is 8.71. The van der Waals surface area contributed by atoms with Crippen LogP contribution in [0.25, 0.3) is 0 Å². The molecule has 1 aromatic heterocycles. The molecular weight excluding hydrogens is 290 g/mol. The molecule has 2 aliphatic heterocycles. The minimum Gasteiger partial charge on any atom is -0.352 e. The molecule has 0 spiro atoms. The summed E-state index contributed by atoms with van der Waals surface area (Å²) in [6.07, 6.45) is 5.66. The summed E-state index contributed by atoms with van der Waals surface area (Å²) < 4.78 is 0. The standard InChI is InChI=1S/C17H25N5O/c1-20-8-7-15(17(20)23)21(2)13-10-22(11-13)16-9-12-5-3-4-6-14(12)18-19-16/h9,13,15H,3-8,10-11H2,1-2H3. The molecule has 1 unspecified atom stereocenters. The molecule has 0 aromatic carbocycles. The van der Waals surface area contributed by atoms with Crippen LogP contribution in [0.15, 0.2) is 6.07 Å². The number of nitrogens with zero attached hydrogens (tertiary/aromatic N) is 5. The van der Waals surface area contributed by atoms with Gasteiger partial charge < -0.3 is 9.80 Å². The molecule has 124 valence electrons. The molecule has 6 heteroatoms. The zero-order chi connectivity index (χ0) is 16.0. The summed E-state index contributed by atoms with van der Waals surface area (Å²) in [4.78, 5) is 18.5. The van der Waals surface area contributed by atoms with Crippen molar-refractivity contribution in [3.05, 3.63) is 17.3 Å². The van der Waals surface area contributed by atoms with Crippen LogP contribution in [0.5, 0.6) is 0 Å². The fraction of sp³-hybridized carbons (Fsp3) is 0.706. The van der Waals surface area contributed by atoms with Crippen molar-refractivity contribution in [1.82, 2.24) is 20.0 Å². The molecule has 3 aliphatic rings. The van der Waals surface area contributed by atoms with Gasteiger partial charge >= 0.3 is 0 Å². The van der Waals surface area contributed by atoms with E-state index in [9.17, 15) is 4.79 Å². The van der Waals surface area contributed by atoms with Gasteiger partial charge in [-0.1, -0.05) is 0 Å². The number of fused-ring (bicyclic) bond motifs is 1. The highest BCUT2D eigenvalue weighted by Gasteiger charge is 2.40. The highest BCUT2D eigenvalue weighted by molar-refractivity contribution is 5.83. The molecule has 1 aromatic rings. The van der Waals surface area contributed by atoms with Gasteiger partial charge in [-0.15, -0.1) is 5.10 Å².